The fourth-order valence-electron chi connectivity index (χ4n) is 3.61. The van der Waals surface area contributed by atoms with Crippen LogP contribution >= 0.6 is 0 Å². The van der Waals surface area contributed by atoms with Crippen molar-refractivity contribution in [3.63, 3.8) is 0 Å². The van der Waals surface area contributed by atoms with Crippen LogP contribution < -0.4 is 4.74 Å². The van der Waals surface area contributed by atoms with Crippen LogP contribution in [0.5, 0.6) is 5.75 Å². The minimum atomic E-state index is -3.55. The number of nitrogens with zero attached hydrogens (tertiary/aromatic N) is 1. The van der Waals surface area contributed by atoms with Gasteiger partial charge < -0.3 is 4.74 Å². The maximum absolute atomic E-state index is 12.7. The number of esters is 1. The first-order valence-corrected chi connectivity index (χ1v) is 11.9. The first-order valence-electron chi connectivity index (χ1n) is 10.5. The Labute approximate surface area is 187 Å². The molecule has 164 valence electrons. The summed E-state index contributed by atoms with van der Waals surface area (Å²) < 4.78 is 32.3. The lowest BCUT2D eigenvalue weighted by atomic mass is 10.0. The fraction of sp³-hybridized carbons (Fsp3) is 0.200. The van der Waals surface area contributed by atoms with Gasteiger partial charge in [0.15, 0.2) is 5.78 Å². The van der Waals surface area contributed by atoms with E-state index in [1.165, 1.54) is 28.6 Å². The molecule has 0 N–H and O–H groups in total. The maximum atomic E-state index is 12.7. The van der Waals surface area contributed by atoms with Crippen LogP contribution in [0.1, 0.15) is 45.5 Å². The molecular formula is C25H23NO5S. The molecule has 0 atom stereocenters. The quantitative estimate of drug-likeness (QED) is 0.318. The van der Waals surface area contributed by atoms with Crippen molar-refractivity contribution in [3.8, 4) is 5.75 Å². The van der Waals surface area contributed by atoms with Crippen molar-refractivity contribution < 1.29 is 22.7 Å². The van der Waals surface area contributed by atoms with E-state index in [2.05, 4.69) is 0 Å². The van der Waals surface area contributed by atoms with E-state index in [4.69, 9.17) is 4.74 Å². The number of rotatable bonds is 6. The molecule has 6 nitrogen and oxygen atoms in total. The molecule has 0 unspecified atom stereocenters. The topological polar surface area (TPSA) is 80.8 Å². The molecular weight excluding hydrogens is 426 g/mol. The number of sulfonamides is 1. The molecule has 1 aliphatic heterocycles. The van der Waals surface area contributed by atoms with Crippen LogP contribution in [-0.4, -0.2) is 37.6 Å². The van der Waals surface area contributed by atoms with Gasteiger partial charge in [-0.15, -0.1) is 0 Å². The lowest BCUT2D eigenvalue weighted by Gasteiger charge is -2.25. The molecule has 0 spiro atoms. The minimum absolute atomic E-state index is 0.117. The summed E-state index contributed by atoms with van der Waals surface area (Å²) in [5, 5.41) is 0. The molecule has 4 rings (SSSR count). The Balaban J connectivity index is 1.42. The highest BCUT2D eigenvalue weighted by Gasteiger charge is 2.26. The van der Waals surface area contributed by atoms with E-state index in [1.54, 1.807) is 48.5 Å². The lowest BCUT2D eigenvalue weighted by molar-refractivity contribution is 0.0734. The van der Waals surface area contributed by atoms with E-state index in [1.807, 2.05) is 6.07 Å². The average Bonchev–Trinajstić information content (AvgIpc) is 2.85. The third kappa shape index (κ3) is 4.79. The molecule has 1 aliphatic rings. The van der Waals surface area contributed by atoms with Crippen molar-refractivity contribution in [2.24, 2.45) is 0 Å². The van der Waals surface area contributed by atoms with Crippen LogP contribution in [0.15, 0.2) is 83.8 Å². The summed E-state index contributed by atoms with van der Waals surface area (Å²) >= 11 is 0. The molecule has 0 bridgehead atoms. The largest absolute Gasteiger partial charge is 0.423 e. The van der Waals surface area contributed by atoms with E-state index < -0.39 is 16.0 Å². The third-order valence-electron chi connectivity index (χ3n) is 5.41. The summed E-state index contributed by atoms with van der Waals surface area (Å²) in [6, 6.07) is 21.0. The highest BCUT2D eigenvalue weighted by atomic mass is 32.2. The van der Waals surface area contributed by atoms with Gasteiger partial charge in [-0.3, -0.25) is 4.79 Å². The molecule has 7 heteroatoms. The number of carbonyl (C=O) groups excluding carboxylic acids is 2. The number of benzene rings is 3. The molecule has 3 aromatic rings. The first-order chi connectivity index (χ1) is 15.4. The number of hydrogen-bond donors (Lipinski definition) is 0. The van der Waals surface area contributed by atoms with Crippen molar-refractivity contribution in [1.29, 1.82) is 0 Å². The first kappa shape index (κ1) is 21.9. The van der Waals surface area contributed by atoms with E-state index in [0.717, 1.165) is 19.3 Å². The molecule has 1 heterocycles. The number of ether oxygens (including phenoxy) is 1. The van der Waals surface area contributed by atoms with Gasteiger partial charge >= 0.3 is 5.97 Å². The Hall–Kier alpha value is -3.29. The SMILES string of the molecule is O=C(Oc1ccc(C(=O)c2ccccc2)cc1)c1ccc(S(=O)(=O)N2CCCCC2)cc1. The summed E-state index contributed by atoms with van der Waals surface area (Å²) in [7, 11) is -3.55. The van der Waals surface area contributed by atoms with Crippen LogP contribution in [0.3, 0.4) is 0 Å². The average molecular weight is 450 g/mol. The Kier molecular flexibility index (Phi) is 6.48. The van der Waals surface area contributed by atoms with Gasteiger partial charge in [0.2, 0.25) is 10.0 Å². The summed E-state index contributed by atoms with van der Waals surface area (Å²) in [6.45, 7) is 1.05. The van der Waals surface area contributed by atoms with Crippen LogP contribution in [0, 0.1) is 0 Å². The Morgan fingerprint density at radius 1 is 0.688 bits per heavy atom. The Morgan fingerprint density at radius 3 is 1.88 bits per heavy atom. The Morgan fingerprint density at radius 2 is 1.25 bits per heavy atom. The van der Waals surface area contributed by atoms with Gasteiger partial charge in [0, 0.05) is 24.2 Å². The van der Waals surface area contributed by atoms with Crippen LogP contribution in [0.4, 0.5) is 0 Å². The second kappa shape index (κ2) is 9.46. The molecule has 0 aromatic heterocycles. The molecule has 0 radical (unpaired) electrons. The zero-order valence-electron chi connectivity index (χ0n) is 17.4. The lowest BCUT2D eigenvalue weighted by Crippen LogP contribution is -2.35. The second-order valence-corrected chi connectivity index (χ2v) is 9.54. The molecule has 32 heavy (non-hydrogen) atoms. The number of piperidine rings is 1. The van der Waals surface area contributed by atoms with Gasteiger partial charge in [-0.2, -0.15) is 4.31 Å². The van der Waals surface area contributed by atoms with Gasteiger partial charge in [0.25, 0.3) is 0 Å². The van der Waals surface area contributed by atoms with E-state index >= 15 is 0 Å². The van der Waals surface area contributed by atoms with Gasteiger partial charge in [0.05, 0.1) is 10.5 Å². The van der Waals surface area contributed by atoms with E-state index in [-0.39, 0.29) is 16.2 Å². The van der Waals surface area contributed by atoms with Crippen LogP contribution in [0.2, 0.25) is 0 Å². The number of carbonyl (C=O) groups is 2. The van der Waals surface area contributed by atoms with E-state index in [9.17, 15) is 18.0 Å². The highest BCUT2D eigenvalue weighted by Crippen LogP contribution is 2.22. The van der Waals surface area contributed by atoms with Crippen molar-refractivity contribution in [2.45, 2.75) is 24.2 Å². The molecule has 0 saturated carbocycles. The molecule has 0 amide bonds. The monoisotopic (exact) mass is 449 g/mol. The van der Waals surface area contributed by atoms with Crippen molar-refractivity contribution >= 4 is 21.8 Å². The standard InChI is InChI=1S/C25H23NO5S/c27-24(19-7-3-1-4-8-19)20-9-13-22(14-10-20)31-25(28)21-11-15-23(16-12-21)32(29,30)26-17-5-2-6-18-26/h1,3-4,7-16H,2,5-6,17-18H2. The number of hydrogen-bond acceptors (Lipinski definition) is 5. The Bertz CT molecular complexity index is 1200. The maximum Gasteiger partial charge on any atom is 0.343 e. The third-order valence-corrected chi connectivity index (χ3v) is 7.32. The van der Waals surface area contributed by atoms with Crippen molar-refractivity contribution in [3.05, 3.63) is 95.6 Å². The van der Waals surface area contributed by atoms with Crippen LogP contribution in [-0.2, 0) is 10.0 Å². The summed E-state index contributed by atoms with van der Waals surface area (Å²) in [4.78, 5) is 25.1. The predicted molar refractivity (Wildman–Crippen MR) is 120 cm³/mol. The molecule has 1 saturated heterocycles. The number of ketones is 1. The highest BCUT2D eigenvalue weighted by molar-refractivity contribution is 7.89. The molecule has 3 aromatic carbocycles. The normalized spacial score (nSPS) is 14.6. The summed E-state index contributed by atoms with van der Waals surface area (Å²) in [5.74, 6) is -0.423. The van der Waals surface area contributed by atoms with E-state index in [0.29, 0.717) is 30.0 Å². The summed E-state index contributed by atoms with van der Waals surface area (Å²) in [5.41, 5.74) is 1.31. The van der Waals surface area contributed by atoms with Gasteiger partial charge in [-0.1, -0.05) is 36.8 Å². The predicted octanol–water partition coefficient (Wildman–Crippen LogP) is 4.31. The smallest absolute Gasteiger partial charge is 0.343 e. The summed E-state index contributed by atoms with van der Waals surface area (Å²) in [6.07, 6.45) is 2.76. The zero-order valence-corrected chi connectivity index (χ0v) is 18.3. The van der Waals surface area contributed by atoms with Gasteiger partial charge in [-0.05, 0) is 61.4 Å². The fourth-order valence-corrected chi connectivity index (χ4v) is 5.13. The van der Waals surface area contributed by atoms with Crippen molar-refractivity contribution in [1.82, 2.24) is 4.31 Å². The molecule has 0 aliphatic carbocycles. The van der Waals surface area contributed by atoms with Gasteiger partial charge in [-0.25, -0.2) is 13.2 Å². The zero-order chi connectivity index (χ0) is 22.6. The van der Waals surface area contributed by atoms with Crippen molar-refractivity contribution in [2.75, 3.05) is 13.1 Å². The minimum Gasteiger partial charge on any atom is -0.423 e. The van der Waals surface area contributed by atoms with Gasteiger partial charge in [0.1, 0.15) is 5.75 Å². The second-order valence-electron chi connectivity index (χ2n) is 7.60. The molecule has 1 fully saturated rings. The van der Waals surface area contributed by atoms with Crippen LogP contribution in [0.25, 0.3) is 0 Å².